The Balaban J connectivity index is 1.28. The molecule has 0 aromatic heterocycles. The van der Waals surface area contributed by atoms with Gasteiger partial charge in [-0.05, 0) is 70.5 Å². The number of hydrogen-bond donors (Lipinski definition) is 2. The number of aliphatic imine (C=N–C) groups is 1. The zero-order valence-electron chi connectivity index (χ0n) is 25.4. The highest BCUT2D eigenvalue weighted by Crippen LogP contribution is 2.31. The van der Waals surface area contributed by atoms with Gasteiger partial charge in [-0.1, -0.05) is 36.9 Å². The van der Waals surface area contributed by atoms with Crippen LogP contribution in [0.5, 0.6) is 0 Å². The van der Waals surface area contributed by atoms with Crippen LogP contribution >= 0.6 is 0 Å². The van der Waals surface area contributed by atoms with Crippen LogP contribution in [0.25, 0.3) is 0 Å². The third kappa shape index (κ3) is 8.21. The first-order valence-electron chi connectivity index (χ1n) is 15.1. The highest BCUT2D eigenvalue weighted by molar-refractivity contribution is 7.88. The first-order valence-corrected chi connectivity index (χ1v) is 17.0. The van der Waals surface area contributed by atoms with Crippen molar-refractivity contribution in [1.29, 1.82) is 0 Å². The summed E-state index contributed by atoms with van der Waals surface area (Å²) < 4.78 is 31.7. The summed E-state index contributed by atoms with van der Waals surface area (Å²) in [5, 5.41) is 3.38. The number of benzene rings is 1. The van der Waals surface area contributed by atoms with E-state index in [0.29, 0.717) is 42.6 Å². The number of sulfonamides is 1. The number of carbonyl (C=O) groups excluding carboxylic acids is 1. The lowest BCUT2D eigenvalue weighted by atomic mass is 9.97. The van der Waals surface area contributed by atoms with E-state index in [1.807, 2.05) is 30.0 Å². The Morgan fingerprint density at radius 2 is 1.79 bits per heavy atom. The fraction of sp³-hybridized carbons (Fsp3) is 0.613. The molecule has 0 spiro atoms. The number of nitrogens with two attached hydrogens (primary N) is 1. The average molecular weight is 601 g/mol. The van der Waals surface area contributed by atoms with Crippen LogP contribution in [0.2, 0.25) is 0 Å². The number of amides is 1. The molecule has 2 atom stereocenters. The van der Waals surface area contributed by atoms with Crippen LogP contribution in [0.1, 0.15) is 63.5 Å². The lowest BCUT2D eigenvalue weighted by Gasteiger charge is -2.43. The van der Waals surface area contributed by atoms with Gasteiger partial charge in [-0.3, -0.25) is 4.79 Å². The Kier molecular flexibility index (Phi) is 11.2. The van der Waals surface area contributed by atoms with Gasteiger partial charge in [-0.25, -0.2) is 17.7 Å². The molecular formula is C31H48N6O4S. The summed E-state index contributed by atoms with van der Waals surface area (Å²) in [5.74, 6) is -0.137. The van der Waals surface area contributed by atoms with Crippen molar-refractivity contribution in [2.24, 2.45) is 10.7 Å². The van der Waals surface area contributed by atoms with Crippen molar-refractivity contribution in [2.45, 2.75) is 76.2 Å². The maximum atomic E-state index is 13.6. The molecule has 232 valence electrons. The zero-order chi connectivity index (χ0) is 30.3. The molecule has 3 aliphatic heterocycles. The fourth-order valence-corrected chi connectivity index (χ4v) is 7.08. The van der Waals surface area contributed by atoms with Gasteiger partial charge >= 0.3 is 0 Å². The van der Waals surface area contributed by atoms with Crippen LogP contribution in [-0.4, -0.2) is 99.0 Å². The van der Waals surface area contributed by atoms with Crippen molar-refractivity contribution < 1.29 is 17.9 Å². The molecule has 0 radical (unpaired) electrons. The number of nitrogens with zero attached hydrogens (tertiary/aromatic N) is 4. The molecule has 0 bridgehead atoms. The van der Waals surface area contributed by atoms with Crippen LogP contribution in [0.4, 0.5) is 0 Å². The summed E-state index contributed by atoms with van der Waals surface area (Å²) in [7, 11) is -1.51. The number of rotatable bonds is 10. The SMILES string of the molecule is C=C(NC[C@@H]1CCC[C@H](c2ccccc2)O1)/C(C)=C(\N=CN)C(=O)N1CCC(N2CCC(N(C)S(C)(=O)=O)CC2)CC1. The van der Waals surface area contributed by atoms with Crippen molar-refractivity contribution in [3.63, 3.8) is 0 Å². The van der Waals surface area contributed by atoms with E-state index in [2.05, 4.69) is 33.9 Å². The standard InChI is InChI=1S/C31H48N6O4S/c1-23(24(2)33-21-28-11-8-12-29(41-28)25-9-6-5-7-10-25)30(34-22-32)31(38)37-19-15-27(16-20-37)36-17-13-26(14-18-36)35(3)42(4,39)40/h5-7,9-10,22,26-29,33H,2,8,11-21H2,1,3-4H3,(H2,32,34)/b30-23-/t28-,29+/m0/s1. The molecule has 0 aliphatic carbocycles. The maximum Gasteiger partial charge on any atom is 0.272 e. The molecule has 3 N–H and O–H groups in total. The molecular weight excluding hydrogens is 552 g/mol. The summed E-state index contributed by atoms with van der Waals surface area (Å²) in [4.78, 5) is 22.1. The monoisotopic (exact) mass is 600 g/mol. The molecule has 10 nitrogen and oxygen atoms in total. The van der Waals surface area contributed by atoms with Gasteiger partial charge in [-0.15, -0.1) is 0 Å². The number of hydrogen-bond acceptors (Lipinski definition) is 7. The van der Waals surface area contributed by atoms with Crippen LogP contribution in [-0.2, 0) is 19.6 Å². The van der Waals surface area contributed by atoms with E-state index in [4.69, 9.17) is 10.5 Å². The fourth-order valence-electron chi connectivity index (χ4n) is 6.33. The van der Waals surface area contributed by atoms with Gasteiger partial charge in [0.15, 0.2) is 0 Å². The molecule has 3 aliphatic rings. The van der Waals surface area contributed by atoms with Crippen molar-refractivity contribution >= 4 is 22.3 Å². The van der Waals surface area contributed by atoms with Gasteiger partial charge in [0, 0.05) is 50.0 Å². The number of allylic oxidation sites excluding steroid dienone is 1. The Morgan fingerprint density at radius 3 is 2.40 bits per heavy atom. The number of piperidine rings is 2. The van der Waals surface area contributed by atoms with Crippen LogP contribution in [0.15, 0.2) is 58.9 Å². The quantitative estimate of drug-likeness (QED) is 0.183. The van der Waals surface area contributed by atoms with Gasteiger partial charge in [0.05, 0.1) is 24.8 Å². The number of carbonyl (C=O) groups is 1. The zero-order valence-corrected chi connectivity index (χ0v) is 26.2. The lowest BCUT2D eigenvalue weighted by molar-refractivity contribution is -0.128. The van der Waals surface area contributed by atoms with E-state index in [1.54, 1.807) is 7.05 Å². The van der Waals surface area contributed by atoms with Crippen LogP contribution in [0.3, 0.4) is 0 Å². The van der Waals surface area contributed by atoms with Gasteiger partial charge < -0.3 is 25.6 Å². The average Bonchev–Trinajstić information content (AvgIpc) is 3.01. The second-order valence-corrected chi connectivity index (χ2v) is 13.8. The van der Waals surface area contributed by atoms with E-state index in [0.717, 1.165) is 58.0 Å². The predicted molar refractivity (Wildman–Crippen MR) is 167 cm³/mol. The molecule has 11 heteroatoms. The third-order valence-corrected chi connectivity index (χ3v) is 10.4. The normalized spacial score (nSPS) is 24.1. The number of ether oxygens (including phenoxy) is 1. The summed E-state index contributed by atoms with van der Waals surface area (Å²) >= 11 is 0. The van der Waals surface area contributed by atoms with E-state index in [1.165, 1.54) is 22.5 Å². The Morgan fingerprint density at radius 1 is 1.12 bits per heavy atom. The minimum atomic E-state index is -3.18. The van der Waals surface area contributed by atoms with Crippen molar-refractivity contribution in [2.75, 3.05) is 46.0 Å². The second kappa shape index (κ2) is 14.6. The molecule has 4 rings (SSSR count). The molecule has 3 heterocycles. The van der Waals surface area contributed by atoms with Crippen molar-refractivity contribution in [3.05, 3.63) is 59.4 Å². The largest absolute Gasteiger partial charge is 0.390 e. The van der Waals surface area contributed by atoms with E-state index in [-0.39, 0.29) is 24.2 Å². The first-order chi connectivity index (χ1) is 20.1. The predicted octanol–water partition coefficient (Wildman–Crippen LogP) is 3.01. The molecule has 0 saturated carbocycles. The summed E-state index contributed by atoms with van der Waals surface area (Å²) in [6.45, 7) is 9.67. The molecule has 1 aromatic rings. The highest BCUT2D eigenvalue weighted by atomic mass is 32.2. The molecule has 3 saturated heterocycles. The van der Waals surface area contributed by atoms with Gasteiger partial charge in [-0.2, -0.15) is 0 Å². The Bertz CT molecular complexity index is 1240. The number of nitrogens with one attached hydrogen (secondary N) is 1. The Hall–Kier alpha value is -2.73. The van der Waals surface area contributed by atoms with E-state index < -0.39 is 10.0 Å². The molecule has 1 amide bonds. The van der Waals surface area contributed by atoms with Gasteiger partial charge in [0.2, 0.25) is 10.0 Å². The topological polar surface area (TPSA) is 121 Å². The minimum Gasteiger partial charge on any atom is -0.390 e. The maximum absolute atomic E-state index is 13.6. The van der Waals surface area contributed by atoms with E-state index in [9.17, 15) is 13.2 Å². The molecule has 42 heavy (non-hydrogen) atoms. The smallest absolute Gasteiger partial charge is 0.272 e. The summed E-state index contributed by atoms with van der Waals surface area (Å²) in [6, 6.07) is 10.8. The van der Waals surface area contributed by atoms with Crippen LogP contribution < -0.4 is 11.1 Å². The highest BCUT2D eigenvalue weighted by Gasteiger charge is 2.33. The second-order valence-electron chi connectivity index (χ2n) is 11.8. The van der Waals surface area contributed by atoms with Gasteiger partial charge in [0.1, 0.15) is 5.70 Å². The van der Waals surface area contributed by atoms with Crippen molar-refractivity contribution in [1.82, 2.24) is 19.4 Å². The first kappa shape index (κ1) is 32.2. The van der Waals surface area contributed by atoms with Gasteiger partial charge in [0.25, 0.3) is 5.91 Å². The lowest BCUT2D eigenvalue weighted by Crippen LogP contribution is -2.52. The molecule has 3 fully saturated rings. The number of likely N-dealkylation sites (tertiary alicyclic amines) is 2. The molecule has 1 aromatic carbocycles. The van der Waals surface area contributed by atoms with Crippen LogP contribution in [0, 0.1) is 0 Å². The minimum absolute atomic E-state index is 0.0550. The molecule has 0 unspecified atom stereocenters. The van der Waals surface area contributed by atoms with Crippen molar-refractivity contribution in [3.8, 4) is 0 Å². The van der Waals surface area contributed by atoms with E-state index >= 15 is 0 Å². The summed E-state index contributed by atoms with van der Waals surface area (Å²) in [5.41, 5.74) is 8.50. The summed E-state index contributed by atoms with van der Waals surface area (Å²) in [6.07, 6.45) is 9.07. The third-order valence-electron chi connectivity index (χ3n) is 9.08. The Labute approximate surface area is 251 Å².